The summed E-state index contributed by atoms with van der Waals surface area (Å²) < 4.78 is 94.4. The third-order valence-corrected chi connectivity index (χ3v) is 9.91. The van der Waals surface area contributed by atoms with E-state index in [0.29, 0.717) is 27.9 Å². The Morgan fingerprint density at radius 2 is 1.64 bits per heavy atom. The van der Waals surface area contributed by atoms with Crippen molar-refractivity contribution in [3.63, 3.8) is 0 Å². The highest BCUT2D eigenvalue weighted by Crippen LogP contribution is 2.32. The highest BCUT2D eigenvalue weighted by atomic mass is 32.2. The van der Waals surface area contributed by atoms with Crippen LogP contribution in [0.1, 0.15) is 29.7 Å². The summed E-state index contributed by atoms with van der Waals surface area (Å²) in [6.45, 7) is -0.498. The fourth-order valence-electron chi connectivity index (χ4n) is 4.84. The molecular formula is C31H26F5N3O3S2. The number of hydrogen-bond acceptors (Lipinski definition) is 6. The number of carbonyl (C=O) groups excluding carboxylic acids is 1. The Kier molecular flexibility index (Phi) is 9.47. The van der Waals surface area contributed by atoms with Gasteiger partial charge in [-0.2, -0.15) is 17.5 Å². The molecule has 4 aromatic rings. The molecule has 2 atom stereocenters. The molecule has 1 aliphatic rings. The van der Waals surface area contributed by atoms with Crippen molar-refractivity contribution in [2.45, 2.75) is 53.5 Å². The number of sulfonamides is 1. The average molecular weight is 648 g/mol. The largest absolute Gasteiger partial charge is 0.416 e. The first-order valence-electron chi connectivity index (χ1n) is 13.6. The Labute approximate surface area is 255 Å². The number of nitrogens with zero attached hydrogens (tertiary/aromatic N) is 3. The topological polar surface area (TPSA) is 80.2 Å². The molecule has 0 radical (unpaired) electrons. The zero-order valence-corrected chi connectivity index (χ0v) is 24.7. The Morgan fingerprint density at radius 3 is 2.30 bits per heavy atom. The van der Waals surface area contributed by atoms with Crippen LogP contribution in [-0.2, 0) is 33.2 Å². The molecule has 3 aromatic carbocycles. The van der Waals surface area contributed by atoms with E-state index in [9.17, 15) is 35.2 Å². The number of rotatable bonds is 10. The van der Waals surface area contributed by atoms with Gasteiger partial charge in [-0.1, -0.05) is 54.2 Å². The lowest BCUT2D eigenvalue weighted by molar-refractivity contribution is -0.137. The second-order valence-corrected chi connectivity index (χ2v) is 13.1. The van der Waals surface area contributed by atoms with Crippen LogP contribution < -0.4 is 0 Å². The predicted octanol–water partition coefficient (Wildman–Crippen LogP) is 6.90. The summed E-state index contributed by atoms with van der Waals surface area (Å²) in [5.41, 5.74) is 1.39. The third kappa shape index (κ3) is 7.51. The second-order valence-electron chi connectivity index (χ2n) is 10.2. The van der Waals surface area contributed by atoms with Crippen molar-refractivity contribution in [3.05, 3.63) is 108 Å². The molecule has 6 nitrogen and oxygen atoms in total. The lowest BCUT2D eigenvalue weighted by Gasteiger charge is -2.22. The summed E-state index contributed by atoms with van der Waals surface area (Å²) >= 11 is 1.32. The molecule has 1 fully saturated rings. The number of Topliss-reactive ketones (excluding diaryl/α,β-unsaturated/α-hetero) is 1. The molecule has 0 bridgehead atoms. The van der Waals surface area contributed by atoms with Gasteiger partial charge in [-0.3, -0.25) is 4.79 Å². The van der Waals surface area contributed by atoms with Crippen LogP contribution in [0.2, 0.25) is 0 Å². The maximum absolute atomic E-state index is 14.5. The zero-order valence-electron chi connectivity index (χ0n) is 23.0. The standard InChI is InChI=1S/C31H26F5N3O3S2/c32-23-10-13-26(14-11-23)44(41,42)39-18-24(33)16-28(39)29(40)15-12-25-17-27(21-6-8-22(9-7-21)31(34,35)36)38-30(37-25)43-19-20-4-2-1-3-5-20/h1-11,13-14,17,24,28H,12,15-16,18-19H2/t24-,28+/m1/s1. The number of hydrogen-bond donors (Lipinski definition) is 0. The Bertz CT molecular complexity index is 1720. The highest BCUT2D eigenvalue weighted by Gasteiger charge is 2.43. The molecule has 13 heteroatoms. The number of carbonyl (C=O) groups is 1. The van der Waals surface area contributed by atoms with Crippen molar-refractivity contribution in [2.75, 3.05) is 6.54 Å². The fraction of sp³-hybridized carbons (Fsp3) is 0.258. The van der Waals surface area contributed by atoms with Crippen LogP contribution in [0, 0.1) is 5.82 Å². The Hall–Kier alpha value is -3.68. The minimum atomic E-state index is -4.50. The van der Waals surface area contributed by atoms with Crippen LogP contribution >= 0.6 is 11.8 Å². The van der Waals surface area contributed by atoms with Gasteiger partial charge in [0.25, 0.3) is 0 Å². The number of alkyl halides is 4. The summed E-state index contributed by atoms with van der Waals surface area (Å²) in [4.78, 5) is 22.1. The van der Waals surface area contributed by atoms with Crippen molar-refractivity contribution in [1.82, 2.24) is 14.3 Å². The molecule has 1 aromatic heterocycles. The van der Waals surface area contributed by atoms with Gasteiger partial charge in [0, 0.05) is 36.4 Å². The second kappa shape index (κ2) is 13.1. The molecule has 0 amide bonds. The molecule has 0 spiro atoms. The quantitative estimate of drug-likeness (QED) is 0.106. The molecule has 0 saturated carbocycles. The van der Waals surface area contributed by atoms with Gasteiger partial charge >= 0.3 is 6.18 Å². The van der Waals surface area contributed by atoms with Gasteiger partial charge in [-0.15, -0.1) is 0 Å². The first-order chi connectivity index (χ1) is 20.9. The van der Waals surface area contributed by atoms with E-state index in [-0.39, 0.29) is 24.2 Å². The lowest BCUT2D eigenvalue weighted by Crippen LogP contribution is -2.40. The molecule has 0 aliphatic carbocycles. The van der Waals surface area contributed by atoms with E-state index in [1.54, 1.807) is 6.07 Å². The third-order valence-electron chi connectivity index (χ3n) is 7.10. The van der Waals surface area contributed by atoms with Gasteiger partial charge in [-0.05, 0) is 54.4 Å². The van der Waals surface area contributed by atoms with Gasteiger partial charge in [0.05, 0.1) is 22.2 Å². The van der Waals surface area contributed by atoms with E-state index in [1.807, 2.05) is 30.3 Å². The van der Waals surface area contributed by atoms with E-state index in [4.69, 9.17) is 0 Å². The monoisotopic (exact) mass is 647 g/mol. The number of aromatic nitrogens is 2. The summed E-state index contributed by atoms with van der Waals surface area (Å²) in [5, 5.41) is 0.346. The normalized spacial score (nSPS) is 17.6. The van der Waals surface area contributed by atoms with E-state index in [0.717, 1.165) is 46.3 Å². The molecule has 230 valence electrons. The van der Waals surface area contributed by atoms with Crippen LogP contribution in [0.4, 0.5) is 22.0 Å². The maximum Gasteiger partial charge on any atom is 0.416 e. The van der Waals surface area contributed by atoms with Crippen molar-refractivity contribution in [2.24, 2.45) is 0 Å². The Balaban J connectivity index is 1.37. The molecule has 1 saturated heterocycles. The molecule has 5 rings (SSSR count). The maximum atomic E-state index is 14.5. The summed E-state index contributed by atoms with van der Waals surface area (Å²) in [7, 11) is -4.27. The van der Waals surface area contributed by atoms with Crippen molar-refractivity contribution in [3.8, 4) is 11.3 Å². The van der Waals surface area contributed by atoms with Crippen molar-refractivity contribution < 1.29 is 35.2 Å². The fourth-order valence-corrected chi connectivity index (χ4v) is 7.32. The van der Waals surface area contributed by atoms with Gasteiger partial charge in [0.15, 0.2) is 10.9 Å². The summed E-state index contributed by atoms with van der Waals surface area (Å²) in [5.74, 6) is -0.626. The van der Waals surface area contributed by atoms with Crippen molar-refractivity contribution in [1.29, 1.82) is 0 Å². The van der Waals surface area contributed by atoms with E-state index in [1.165, 1.54) is 23.9 Å². The summed E-state index contributed by atoms with van der Waals surface area (Å²) in [6, 6.07) is 18.5. The number of aryl methyl sites for hydroxylation is 1. The minimum Gasteiger partial charge on any atom is -0.298 e. The van der Waals surface area contributed by atoms with E-state index >= 15 is 0 Å². The highest BCUT2D eigenvalue weighted by molar-refractivity contribution is 7.98. The van der Waals surface area contributed by atoms with E-state index < -0.39 is 52.1 Å². The number of ketones is 1. The van der Waals surface area contributed by atoms with E-state index in [2.05, 4.69) is 9.97 Å². The minimum absolute atomic E-state index is 0.0613. The van der Waals surface area contributed by atoms with Crippen LogP contribution in [0.25, 0.3) is 11.3 Å². The molecular weight excluding hydrogens is 621 g/mol. The molecule has 2 heterocycles. The van der Waals surface area contributed by atoms with Crippen LogP contribution in [0.3, 0.4) is 0 Å². The average Bonchev–Trinajstić information content (AvgIpc) is 3.42. The van der Waals surface area contributed by atoms with Gasteiger partial charge in [-0.25, -0.2) is 27.2 Å². The number of benzene rings is 3. The van der Waals surface area contributed by atoms with Gasteiger partial charge in [0.2, 0.25) is 10.0 Å². The zero-order chi connectivity index (χ0) is 31.5. The Morgan fingerprint density at radius 1 is 0.955 bits per heavy atom. The van der Waals surface area contributed by atoms with Gasteiger partial charge in [0.1, 0.15) is 12.0 Å². The predicted molar refractivity (Wildman–Crippen MR) is 155 cm³/mol. The molecule has 0 N–H and O–H groups in total. The van der Waals surface area contributed by atoms with Crippen LogP contribution in [0.15, 0.2) is 95.0 Å². The summed E-state index contributed by atoms with van der Waals surface area (Å²) in [6.07, 6.45) is -6.46. The molecule has 44 heavy (non-hydrogen) atoms. The SMILES string of the molecule is O=C(CCc1cc(-c2ccc(C(F)(F)F)cc2)nc(SCc2ccccc2)n1)[C@@H]1C[C@@H](F)CN1S(=O)(=O)c1ccc(F)cc1. The van der Waals surface area contributed by atoms with Crippen molar-refractivity contribution >= 4 is 27.6 Å². The first kappa shape index (κ1) is 31.7. The number of thioether (sulfide) groups is 1. The molecule has 0 unspecified atom stereocenters. The lowest BCUT2D eigenvalue weighted by atomic mass is 10.0. The molecule has 1 aliphatic heterocycles. The van der Waals surface area contributed by atoms with Gasteiger partial charge < -0.3 is 0 Å². The van der Waals surface area contributed by atoms with Crippen LogP contribution in [0.5, 0.6) is 0 Å². The first-order valence-corrected chi connectivity index (χ1v) is 16.0. The number of halogens is 5. The van der Waals surface area contributed by atoms with Crippen LogP contribution in [-0.4, -0.2) is 47.2 Å². The smallest absolute Gasteiger partial charge is 0.298 e.